The summed E-state index contributed by atoms with van der Waals surface area (Å²) in [6.45, 7) is 1.49. The molecule has 0 spiro atoms. The molecule has 0 aliphatic carbocycles. The van der Waals surface area contributed by atoms with E-state index in [4.69, 9.17) is 15.2 Å². The molecule has 0 aliphatic rings. The van der Waals surface area contributed by atoms with Gasteiger partial charge in [0.25, 0.3) is 0 Å². The summed E-state index contributed by atoms with van der Waals surface area (Å²) >= 11 is 0. The molecule has 0 heterocycles. The van der Waals surface area contributed by atoms with Crippen molar-refractivity contribution in [3.05, 3.63) is 29.6 Å². The molecule has 4 heteroatoms. The average Bonchev–Trinajstić information content (AvgIpc) is 2.37. The monoisotopic (exact) mass is 251 g/mol. The highest BCUT2D eigenvalue weighted by atomic mass is 19.1. The molecule has 0 amide bonds. The van der Waals surface area contributed by atoms with E-state index in [1.807, 2.05) is 0 Å². The molecular formula is C14H18FNO2. The molecule has 0 radical (unpaired) electrons. The van der Waals surface area contributed by atoms with Gasteiger partial charge in [-0.05, 0) is 25.0 Å². The third kappa shape index (κ3) is 5.17. The SMILES string of the molecule is COCCCCOc1ccc(C#CCN)c(F)c1. The van der Waals surface area contributed by atoms with Gasteiger partial charge in [-0.2, -0.15) is 0 Å². The highest BCUT2D eigenvalue weighted by molar-refractivity contribution is 5.39. The number of hydrogen-bond acceptors (Lipinski definition) is 3. The summed E-state index contributed by atoms with van der Waals surface area (Å²) in [4.78, 5) is 0. The van der Waals surface area contributed by atoms with E-state index in [0.717, 1.165) is 12.8 Å². The van der Waals surface area contributed by atoms with Gasteiger partial charge in [-0.15, -0.1) is 0 Å². The number of hydrogen-bond donors (Lipinski definition) is 1. The Morgan fingerprint density at radius 3 is 2.72 bits per heavy atom. The minimum Gasteiger partial charge on any atom is -0.493 e. The van der Waals surface area contributed by atoms with Crippen molar-refractivity contribution in [1.29, 1.82) is 0 Å². The van der Waals surface area contributed by atoms with Gasteiger partial charge in [0.15, 0.2) is 0 Å². The number of methoxy groups -OCH3 is 1. The number of rotatable bonds is 6. The van der Waals surface area contributed by atoms with E-state index in [0.29, 0.717) is 24.5 Å². The number of ether oxygens (including phenoxy) is 2. The Kier molecular flexibility index (Phi) is 6.85. The first-order valence-corrected chi connectivity index (χ1v) is 5.88. The summed E-state index contributed by atoms with van der Waals surface area (Å²) in [7, 11) is 1.66. The van der Waals surface area contributed by atoms with Gasteiger partial charge in [-0.1, -0.05) is 11.8 Å². The minimum atomic E-state index is -0.384. The topological polar surface area (TPSA) is 44.5 Å². The fourth-order valence-electron chi connectivity index (χ4n) is 1.37. The number of halogens is 1. The Balaban J connectivity index is 2.46. The van der Waals surface area contributed by atoms with Crippen molar-refractivity contribution in [1.82, 2.24) is 0 Å². The van der Waals surface area contributed by atoms with Gasteiger partial charge >= 0.3 is 0 Å². The Morgan fingerprint density at radius 1 is 1.28 bits per heavy atom. The molecule has 98 valence electrons. The van der Waals surface area contributed by atoms with Gasteiger partial charge in [0.1, 0.15) is 11.6 Å². The molecule has 0 unspecified atom stereocenters. The number of unbranched alkanes of at least 4 members (excludes halogenated alkanes) is 1. The van der Waals surface area contributed by atoms with Gasteiger partial charge in [-0.25, -0.2) is 4.39 Å². The van der Waals surface area contributed by atoms with Crippen LogP contribution in [0.5, 0.6) is 5.75 Å². The zero-order valence-corrected chi connectivity index (χ0v) is 10.5. The summed E-state index contributed by atoms with van der Waals surface area (Å²) in [5.74, 6) is 5.41. The predicted octanol–water partition coefficient (Wildman–Crippen LogP) is 1.94. The van der Waals surface area contributed by atoms with Crippen molar-refractivity contribution in [2.75, 3.05) is 26.9 Å². The van der Waals surface area contributed by atoms with Crippen LogP contribution in [0.1, 0.15) is 18.4 Å². The molecule has 1 aromatic carbocycles. The van der Waals surface area contributed by atoms with Crippen LogP contribution < -0.4 is 10.5 Å². The van der Waals surface area contributed by atoms with Crippen LogP contribution in [0.3, 0.4) is 0 Å². The molecule has 0 bridgehead atoms. The fourth-order valence-corrected chi connectivity index (χ4v) is 1.37. The maximum atomic E-state index is 13.6. The van der Waals surface area contributed by atoms with Crippen molar-refractivity contribution in [3.8, 4) is 17.6 Å². The van der Waals surface area contributed by atoms with Crippen LogP contribution >= 0.6 is 0 Å². The van der Waals surface area contributed by atoms with E-state index in [-0.39, 0.29) is 12.4 Å². The lowest BCUT2D eigenvalue weighted by molar-refractivity contribution is 0.184. The zero-order valence-electron chi connectivity index (χ0n) is 10.5. The van der Waals surface area contributed by atoms with Crippen LogP contribution in [0, 0.1) is 17.7 Å². The minimum absolute atomic E-state index is 0.219. The van der Waals surface area contributed by atoms with Crippen LogP contribution in [0.15, 0.2) is 18.2 Å². The van der Waals surface area contributed by atoms with Crippen LogP contribution in [-0.4, -0.2) is 26.9 Å². The van der Waals surface area contributed by atoms with E-state index in [9.17, 15) is 4.39 Å². The van der Waals surface area contributed by atoms with Crippen LogP contribution in [0.4, 0.5) is 4.39 Å². The van der Waals surface area contributed by atoms with E-state index >= 15 is 0 Å². The highest BCUT2D eigenvalue weighted by Gasteiger charge is 2.02. The Hall–Kier alpha value is -1.57. The predicted molar refractivity (Wildman–Crippen MR) is 68.9 cm³/mol. The van der Waals surface area contributed by atoms with Gasteiger partial charge in [-0.3, -0.25) is 0 Å². The summed E-state index contributed by atoms with van der Waals surface area (Å²) in [5, 5.41) is 0. The zero-order chi connectivity index (χ0) is 13.2. The summed E-state index contributed by atoms with van der Waals surface area (Å²) < 4.78 is 23.9. The van der Waals surface area contributed by atoms with E-state index in [2.05, 4.69) is 11.8 Å². The second kappa shape index (κ2) is 8.51. The Morgan fingerprint density at radius 2 is 2.06 bits per heavy atom. The maximum absolute atomic E-state index is 13.6. The Bertz CT molecular complexity index is 424. The molecule has 0 atom stereocenters. The first kappa shape index (κ1) is 14.5. The molecule has 1 aromatic rings. The first-order chi connectivity index (χ1) is 8.77. The standard InChI is InChI=1S/C14H18FNO2/c1-17-9-2-3-10-18-13-7-6-12(5-4-8-16)14(15)11-13/h6-7,11H,2-3,8-10,16H2,1H3. The van der Waals surface area contributed by atoms with Crippen molar-refractivity contribution >= 4 is 0 Å². The van der Waals surface area contributed by atoms with Crippen LogP contribution in [0.25, 0.3) is 0 Å². The lowest BCUT2D eigenvalue weighted by Crippen LogP contribution is -2.00. The van der Waals surface area contributed by atoms with Crippen LogP contribution in [-0.2, 0) is 4.74 Å². The molecule has 0 fully saturated rings. The lowest BCUT2D eigenvalue weighted by atomic mass is 10.2. The van der Waals surface area contributed by atoms with E-state index in [1.165, 1.54) is 6.07 Å². The van der Waals surface area contributed by atoms with Crippen molar-refractivity contribution in [3.63, 3.8) is 0 Å². The number of benzene rings is 1. The summed E-state index contributed by atoms with van der Waals surface area (Å²) in [6, 6.07) is 4.65. The molecule has 18 heavy (non-hydrogen) atoms. The largest absolute Gasteiger partial charge is 0.493 e. The molecule has 0 saturated carbocycles. The van der Waals surface area contributed by atoms with Crippen molar-refractivity contribution in [2.45, 2.75) is 12.8 Å². The molecule has 3 nitrogen and oxygen atoms in total. The smallest absolute Gasteiger partial charge is 0.142 e. The average molecular weight is 251 g/mol. The molecule has 0 aliphatic heterocycles. The third-order valence-corrected chi connectivity index (χ3v) is 2.28. The Labute approximate surface area is 107 Å². The molecular weight excluding hydrogens is 233 g/mol. The second-order valence-electron chi connectivity index (χ2n) is 3.70. The lowest BCUT2D eigenvalue weighted by Gasteiger charge is -2.06. The van der Waals surface area contributed by atoms with E-state index in [1.54, 1.807) is 19.2 Å². The van der Waals surface area contributed by atoms with E-state index < -0.39 is 0 Å². The molecule has 0 aromatic heterocycles. The molecule has 2 N–H and O–H groups in total. The third-order valence-electron chi connectivity index (χ3n) is 2.28. The van der Waals surface area contributed by atoms with Gasteiger partial charge in [0.2, 0.25) is 0 Å². The summed E-state index contributed by atoms with van der Waals surface area (Å²) in [6.07, 6.45) is 1.81. The summed E-state index contributed by atoms with van der Waals surface area (Å²) in [5.41, 5.74) is 5.57. The van der Waals surface area contributed by atoms with Gasteiger partial charge in [0, 0.05) is 19.8 Å². The van der Waals surface area contributed by atoms with Gasteiger partial charge in [0.05, 0.1) is 18.7 Å². The van der Waals surface area contributed by atoms with Crippen molar-refractivity contribution < 1.29 is 13.9 Å². The fraction of sp³-hybridized carbons (Fsp3) is 0.429. The molecule has 1 rings (SSSR count). The quantitative estimate of drug-likeness (QED) is 0.620. The normalized spacial score (nSPS) is 9.72. The van der Waals surface area contributed by atoms with Crippen LogP contribution in [0.2, 0.25) is 0 Å². The second-order valence-corrected chi connectivity index (χ2v) is 3.70. The van der Waals surface area contributed by atoms with Gasteiger partial charge < -0.3 is 15.2 Å². The molecule has 0 saturated heterocycles. The highest BCUT2D eigenvalue weighted by Crippen LogP contribution is 2.16. The first-order valence-electron chi connectivity index (χ1n) is 5.88. The maximum Gasteiger partial charge on any atom is 0.142 e. The number of nitrogens with two attached hydrogens (primary N) is 1. The van der Waals surface area contributed by atoms with Crippen molar-refractivity contribution in [2.24, 2.45) is 5.73 Å².